The van der Waals surface area contributed by atoms with E-state index in [0.717, 1.165) is 0 Å². The zero-order valence-electron chi connectivity index (χ0n) is 4.44. The molecule has 0 amide bonds. The zero-order valence-corrected chi connectivity index (χ0v) is 4.44. The Hall–Kier alpha value is -1.52. The molecule has 0 saturated carbocycles. The third kappa shape index (κ3) is 1.81. The molecular formula is C5H4N2O2. The van der Waals surface area contributed by atoms with Crippen molar-refractivity contribution in [3.05, 3.63) is 11.8 Å². The summed E-state index contributed by atoms with van der Waals surface area (Å²) < 4.78 is 0. The molecule has 0 radical (unpaired) electrons. The van der Waals surface area contributed by atoms with Crippen LogP contribution in [0.5, 0.6) is 0 Å². The molecule has 0 aromatic rings. The lowest BCUT2D eigenvalue weighted by atomic mass is 10.2. The second-order valence-corrected chi connectivity index (χ2v) is 1.23. The van der Waals surface area contributed by atoms with Crippen LogP contribution in [0.25, 0.3) is 0 Å². The summed E-state index contributed by atoms with van der Waals surface area (Å²) in [6.07, 6.45) is -1.10. The third-order valence-corrected chi connectivity index (χ3v) is 0.685. The molecule has 46 valence electrons. The lowest BCUT2D eigenvalue weighted by Gasteiger charge is -1.92. The van der Waals surface area contributed by atoms with Gasteiger partial charge in [0.15, 0.2) is 6.10 Å². The van der Waals surface area contributed by atoms with Crippen molar-refractivity contribution in [3.63, 3.8) is 0 Å². The van der Waals surface area contributed by atoms with E-state index in [9.17, 15) is 0 Å². The summed E-state index contributed by atoms with van der Waals surface area (Å²) >= 11 is 0. The van der Waals surface area contributed by atoms with Gasteiger partial charge in [0, 0.05) is 0 Å². The van der Waals surface area contributed by atoms with E-state index >= 15 is 0 Å². The number of aliphatic hydroxyl groups excluding tert-OH is 2. The highest BCUT2D eigenvalue weighted by molar-refractivity contribution is 5.27. The van der Waals surface area contributed by atoms with Crippen LogP contribution < -0.4 is 0 Å². The number of hydrogen-bond acceptors (Lipinski definition) is 4. The predicted molar refractivity (Wildman–Crippen MR) is 27.9 cm³/mol. The summed E-state index contributed by atoms with van der Waals surface area (Å²) in [5.74, 6) is 0. The minimum Gasteiger partial charge on any atom is -0.514 e. The molecule has 2 N–H and O–H groups in total. The van der Waals surface area contributed by atoms with E-state index in [1.165, 1.54) is 12.1 Å². The van der Waals surface area contributed by atoms with Gasteiger partial charge in [0.2, 0.25) is 0 Å². The Bertz CT molecular complexity index is 196. The van der Waals surface area contributed by atoms with Gasteiger partial charge in [0.05, 0.1) is 12.3 Å². The van der Waals surface area contributed by atoms with Crippen LogP contribution in [-0.4, -0.2) is 16.3 Å². The molecule has 4 heteroatoms. The normalized spacial score (nSPS) is 13.4. The highest BCUT2D eigenvalue weighted by Gasteiger charge is 2.06. The Balaban J connectivity index is 4.23. The van der Waals surface area contributed by atoms with Gasteiger partial charge in [-0.2, -0.15) is 10.5 Å². The molecule has 1 unspecified atom stereocenters. The Labute approximate surface area is 51.9 Å². The van der Waals surface area contributed by atoms with Crippen molar-refractivity contribution < 1.29 is 10.2 Å². The summed E-state index contributed by atoms with van der Waals surface area (Å²) in [6, 6.07) is 2.81. The van der Waals surface area contributed by atoms with Crippen LogP contribution in [-0.2, 0) is 0 Å². The monoisotopic (exact) mass is 124 g/mol. The fourth-order valence-electron chi connectivity index (χ4n) is 0.230. The van der Waals surface area contributed by atoms with Gasteiger partial charge in [-0.15, -0.1) is 0 Å². The largest absolute Gasteiger partial charge is 0.514 e. The van der Waals surface area contributed by atoms with Crippen LogP contribution >= 0.6 is 0 Å². The lowest BCUT2D eigenvalue weighted by Crippen LogP contribution is -2.04. The van der Waals surface area contributed by atoms with Crippen LogP contribution in [0, 0.1) is 22.7 Å². The molecule has 0 heterocycles. The molecule has 0 spiro atoms. The molecule has 0 bridgehead atoms. The number of rotatable bonds is 1. The molecule has 0 aliphatic carbocycles. The Morgan fingerprint density at radius 3 is 2.22 bits per heavy atom. The number of hydrogen-bond donors (Lipinski definition) is 2. The molecule has 0 aromatic heterocycles. The smallest absolute Gasteiger partial charge is 0.178 e. The highest BCUT2D eigenvalue weighted by Crippen LogP contribution is 1.96. The summed E-state index contributed by atoms with van der Waals surface area (Å²) in [4.78, 5) is 0. The van der Waals surface area contributed by atoms with Gasteiger partial charge < -0.3 is 10.2 Å². The van der Waals surface area contributed by atoms with Gasteiger partial charge in [0.25, 0.3) is 0 Å². The Morgan fingerprint density at radius 1 is 1.56 bits per heavy atom. The fraction of sp³-hybridized carbons (Fsp3) is 0.200. The van der Waals surface area contributed by atoms with Crippen LogP contribution in [0.4, 0.5) is 0 Å². The third-order valence-electron chi connectivity index (χ3n) is 0.685. The second-order valence-electron chi connectivity index (χ2n) is 1.23. The van der Waals surface area contributed by atoms with Crippen LogP contribution in [0.2, 0.25) is 0 Å². The first-order valence-corrected chi connectivity index (χ1v) is 2.08. The van der Waals surface area contributed by atoms with E-state index in [1.54, 1.807) is 0 Å². The average Bonchev–Trinajstić information content (AvgIpc) is 1.90. The molecule has 0 fully saturated rings. The Kier molecular flexibility index (Phi) is 2.89. The predicted octanol–water partition coefficient (Wildman–Crippen LogP) is -0.164. The minimum atomic E-state index is -1.51. The molecule has 0 aliphatic heterocycles. The first kappa shape index (κ1) is 7.48. The van der Waals surface area contributed by atoms with E-state index in [1.807, 2.05) is 0 Å². The van der Waals surface area contributed by atoms with Crippen LogP contribution in [0.15, 0.2) is 11.8 Å². The maximum atomic E-state index is 8.51. The summed E-state index contributed by atoms with van der Waals surface area (Å²) in [5, 5.41) is 32.6. The summed E-state index contributed by atoms with van der Waals surface area (Å²) in [5.41, 5.74) is -0.350. The van der Waals surface area contributed by atoms with Crippen molar-refractivity contribution in [1.29, 1.82) is 10.5 Å². The SMILES string of the molecule is N#CC(=CO)C(O)C#N. The maximum absolute atomic E-state index is 8.51. The highest BCUT2D eigenvalue weighted by atomic mass is 16.3. The molecule has 4 nitrogen and oxygen atoms in total. The van der Waals surface area contributed by atoms with E-state index in [-0.39, 0.29) is 5.57 Å². The molecule has 1 atom stereocenters. The number of nitriles is 2. The molecule has 0 aromatic carbocycles. The van der Waals surface area contributed by atoms with Gasteiger partial charge in [-0.1, -0.05) is 0 Å². The van der Waals surface area contributed by atoms with Crippen molar-refractivity contribution in [3.8, 4) is 12.1 Å². The van der Waals surface area contributed by atoms with Crippen molar-refractivity contribution in [2.45, 2.75) is 6.10 Å². The van der Waals surface area contributed by atoms with Crippen molar-refractivity contribution >= 4 is 0 Å². The van der Waals surface area contributed by atoms with E-state index in [0.29, 0.717) is 6.26 Å². The maximum Gasteiger partial charge on any atom is 0.178 e. The first-order valence-electron chi connectivity index (χ1n) is 2.08. The molecule has 9 heavy (non-hydrogen) atoms. The van der Waals surface area contributed by atoms with Crippen molar-refractivity contribution in [2.24, 2.45) is 0 Å². The molecular weight excluding hydrogens is 120 g/mol. The van der Waals surface area contributed by atoms with E-state index < -0.39 is 6.10 Å². The fourth-order valence-corrected chi connectivity index (χ4v) is 0.230. The van der Waals surface area contributed by atoms with Gasteiger partial charge in [-0.05, 0) is 0 Å². The molecule has 0 rings (SSSR count). The van der Waals surface area contributed by atoms with Gasteiger partial charge in [-0.25, -0.2) is 0 Å². The number of nitrogens with zero attached hydrogens (tertiary/aromatic N) is 2. The van der Waals surface area contributed by atoms with Gasteiger partial charge >= 0.3 is 0 Å². The van der Waals surface area contributed by atoms with E-state index in [2.05, 4.69) is 0 Å². The topological polar surface area (TPSA) is 88.0 Å². The Morgan fingerprint density at radius 2 is 2.11 bits per heavy atom. The zero-order chi connectivity index (χ0) is 7.28. The average molecular weight is 124 g/mol. The quantitative estimate of drug-likeness (QED) is 0.288. The molecule has 0 aliphatic rings. The van der Waals surface area contributed by atoms with Crippen molar-refractivity contribution in [2.75, 3.05) is 0 Å². The molecule has 0 saturated heterocycles. The summed E-state index contributed by atoms with van der Waals surface area (Å²) in [6.45, 7) is 0. The summed E-state index contributed by atoms with van der Waals surface area (Å²) in [7, 11) is 0. The minimum absolute atomic E-state index is 0.350. The van der Waals surface area contributed by atoms with Gasteiger partial charge in [0.1, 0.15) is 11.6 Å². The number of aliphatic hydroxyl groups is 2. The van der Waals surface area contributed by atoms with Crippen molar-refractivity contribution in [1.82, 2.24) is 0 Å². The van der Waals surface area contributed by atoms with E-state index in [4.69, 9.17) is 20.7 Å². The standard InChI is InChI=1S/C5H4N2O2/c6-1-4(3-8)5(9)2-7/h3,5,8-9H. The lowest BCUT2D eigenvalue weighted by molar-refractivity contribution is 0.265. The van der Waals surface area contributed by atoms with Crippen LogP contribution in [0.3, 0.4) is 0 Å². The van der Waals surface area contributed by atoms with Crippen LogP contribution in [0.1, 0.15) is 0 Å². The second kappa shape index (κ2) is 3.48. The van der Waals surface area contributed by atoms with Gasteiger partial charge in [-0.3, -0.25) is 0 Å². The first-order chi connectivity index (χ1) is 4.26.